The number of carbonyl (C=O) groups excluding carboxylic acids is 1. The maximum atomic E-state index is 12.0. The number of carbonyl (C=O) groups is 1. The van der Waals surface area contributed by atoms with Gasteiger partial charge in [-0.25, -0.2) is 0 Å². The monoisotopic (exact) mass is 229 g/mol. The molecule has 17 heavy (non-hydrogen) atoms. The first-order valence-corrected chi connectivity index (χ1v) is 6.26. The molecule has 1 heterocycles. The first-order valence-electron chi connectivity index (χ1n) is 6.26. The number of Topliss-reactive ketones (excluding diaryl/α,β-unsaturated/α-hetero) is 1. The van der Waals surface area contributed by atoms with Gasteiger partial charge >= 0.3 is 0 Å². The highest BCUT2D eigenvalue weighted by molar-refractivity contribution is 6.15. The predicted octanol–water partition coefficient (Wildman–Crippen LogP) is 4.03. The summed E-state index contributed by atoms with van der Waals surface area (Å²) in [6.45, 7) is 6.64. The van der Waals surface area contributed by atoms with Gasteiger partial charge in [-0.15, -0.1) is 0 Å². The lowest BCUT2D eigenvalue weighted by molar-refractivity contribution is 0.0999. The second kappa shape index (κ2) is 4.82. The van der Waals surface area contributed by atoms with Crippen LogP contribution in [0.1, 0.15) is 44.0 Å². The summed E-state index contributed by atoms with van der Waals surface area (Å²) in [5.41, 5.74) is 2.65. The van der Waals surface area contributed by atoms with Gasteiger partial charge in [-0.1, -0.05) is 32.9 Å². The third kappa shape index (κ3) is 2.63. The van der Waals surface area contributed by atoms with Crippen LogP contribution < -0.4 is 0 Å². The van der Waals surface area contributed by atoms with Crippen molar-refractivity contribution in [3.63, 3.8) is 0 Å². The molecule has 0 amide bonds. The third-order valence-corrected chi connectivity index (χ3v) is 3.54. The standard InChI is InChI=1S/C15H19NO/c1-10(2)11(3)8-12-9-15(17)13-6-4-5-7-14(13)16-12/h4-7,10-11H,8-9H2,1-3H3. The zero-order valence-corrected chi connectivity index (χ0v) is 10.7. The minimum Gasteiger partial charge on any atom is -0.294 e. The van der Waals surface area contributed by atoms with Crippen molar-refractivity contribution in [2.75, 3.05) is 0 Å². The Kier molecular flexibility index (Phi) is 3.41. The van der Waals surface area contributed by atoms with E-state index in [-0.39, 0.29) is 5.78 Å². The summed E-state index contributed by atoms with van der Waals surface area (Å²) in [6.07, 6.45) is 1.42. The molecule has 0 spiro atoms. The Balaban J connectivity index is 2.23. The Morgan fingerprint density at radius 1 is 1.24 bits per heavy atom. The Morgan fingerprint density at radius 2 is 1.94 bits per heavy atom. The van der Waals surface area contributed by atoms with Crippen molar-refractivity contribution >= 4 is 17.2 Å². The van der Waals surface area contributed by atoms with Gasteiger partial charge < -0.3 is 0 Å². The zero-order chi connectivity index (χ0) is 12.4. The SMILES string of the molecule is CC(C)C(C)CC1=Nc2ccccc2C(=O)C1. The van der Waals surface area contributed by atoms with E-state index in [1.165, 1.54) is 0 Å². The van der Waals surface area contributed by atoms with Crippen molar-refractivity contribution in [1.82, 2.24) is 0 Å². The molecule has 2 rings (SSSR count). The summed E-state index contributed by atoms with van der Waals surface area (Å²) < 4.78 is 0. The predicted molar refractivity (Wildman–Crippen MR) is 71.1 cm³/mol. The van der Waals surface area contributed by atoms with Crippen LogP contribution in [0.15, 0.2) is 29.3 Å². The Labute approximate surface area is 103 Å². The molecule has 2 nitrogen and oxygen atoms in total. The molecule has 0 saturated heterocycles. The van der Waals surface area contributed by atoms with Gasteiger partial charge in [0.05, 0.1) is 5.69 Å². The molecule has 1 aromatic carbocycles. The van der Waals surface area contributed by atoms with E-state index in [1.807, 2.05) is 24.3 Å². The van der Waals surface area contributed by atoms with Crippen LogP contribution in [0.5, 0.6) is 0 Å². The number of hydrogen-bond donors (Lipinski definition) is 0. The summed E-state index contributed by atoms with van der Waals surface area (Å²) in [4.78, 5) is 16.6. The van der Waals surface area contributed by atoms with E-state index < -0.39 is 0 Å². The number of hydrogen-bond acceptors (Lipinski definition) is 2. The number of nitrogens with zero attached hydrogens (tertiary/aromatic N) is 1. The fraction of sp³-hybridized carbons (Fsp3) is 0.467. The molecule has 1 aliphatic heterocycles. The molecular weight excluding hydrogens is 210 g/mol. The molecule has 90 valence electrons. The van der Waals surface area contributed by atoms with Gasteiger partial charge in [0.2, 0.25) is 0 Å². The first kappa shape index (κ1) is 12.0. The van der Waals surface area contributed by atoms with E-state index in [0.29, 0.717) is 18.3 Å². The van der Waals surface area contributed by atoms with Gasteiger partial charge in [0.15, 0.2) is 5.78 Å². The molecule has 0 bridgehead atoms. The van der Waals surface area contributed by atoms with Gasteiger partial charge in [-0.05, 0) is 30.4 Å². The number of rotatable bonds is 3. The maximum absolute atomic E-state index is 12.0. The number of aliphatic imine (C=N–C) groups is 1. The number of benzene rings is 1. The normalized spacial score (nSPS) is 16.7. The van der Waals surface area contributed by atoms with Crippen LogP contribution in [0.4, 0.5) is 5.69 Å². The first-order chi connectivity index (χ1) is 8.08. The molecular formula is C15H19NO. The topological polar surface area (TPSA) is 29.4 Å². The highest BCUT2D eigenvalue weighted by Gasteiger charge is 2.21. The Bertz CT molecular complexity index is 460. The Hall–Kier alpha value is -1.44. The van der Waals surface area contributed by atoms with Crippen LogP contribution in [0, 0.1) is 11.8 Å². The minimum atomic E-state index is 0.210. The fourth-order valence-electron chi connectivity index (χ4n) is 2.02. The summed E-state index contributed by atoms with van der Waals surface area (Å²) in [5.74, 6) is 1.42. The lowest BCUT2D eigenvalue weighted by Gasteiger charge is -2.19. The van der Waals surface area contributed by atoms with Crippen LogP contribution in [-0.2, 0) is 0 Å². The summed E-state index contributed by atoms with van der Waals surface area (Å²) in [7, 11) is 0. The van der Waals surface area contributed by atoms with Crippen LogP contribution in [0.2, 0.25) is 0 Å². The molecule has 0 N–H and O–H groups in total. The molecule has 2 heteroatoms. The lowest BCUT2D eigenvalue weighted by Crippen LogP contribution is -2.17. The van der Waals surface area contributed by atoms with Crippen molar-refractivity contribution in [2.24, 2.45) is 16.8 Å². The molecule has 0 aromatic heterocycles. The quantitative estimate of drug-likeness (QED) is 0.769. The van der Waals surface area contributed by atoms with E-state index in [9.17, 15) is 4.79 Å². The molecule has 1 atom stereocenters. The molecule has 0 aliphatic carbocycles. The van der Waals surface area contributed by atoms with Crippen LogP contribution in [0.3, 0.4) is 0 Å². The fourth-order valence-corrected chi connectivity index (χ4v) is 2.02. The smallest absolute Gasteiger partial charge is 0.170 e. The molecule has 0 radical (unpaired) electrons. The average molecular weight is 229 g/mol. The number of fused-ring (bicyclic) bond motifs is 1. The highest BCUT2D eigenvalue weighted by atomic mass is 16.1. The summed E-state index contributed by atoms with van der Waals surface area (Å²) in [5, 5.41) is 0. The van der Waals surface area contributed by atoms with Crippen molar-refractivity contribution < 1.29 is 4.79 Å². The van der Waals surface area contributed by atoms with Crippen molar-refractivity contribution in [1.29, 1.82) is 0 Å². The van der Waals surface area contributed by atoms with E-state index in [4.69, 9.17) is 0 Å². The van der Waals surface area contributed by atoms with E-state index in [1.54, 1.807) is 0 Å². The maximum Gasteiger partial charge on any atom is 0.170 e. The third-order valence-electron chi connectivity index (χ3n) is 3.54. The average Bonchev–Trinajstić information content (AvgIpc) is 2.29. The van der Waals surface area contributed by atoms with Gasteiger partial charge in [-0.3, -0.25) is 9.79 Å². The van der Waals surface area contributed by atoms with E-state index >= 15 is 0 Å². The lowest BCUT2D eigenvalue weighted by atomic mass is 9.89. The highest BCUT2D eigenvalue weighted by Crippen LogP contribution is 2.28. The van der Waals surface area contributed by atoms with E-state index in [2.05, 4.69) is 25.8 Å². The van der Waals surface area contributed by atoms with Crippen LogP contribution in [-0.4, -0.2) is 11.5 Å². The minimum absolute atomic E-state index is 0.210. The number of para-hydroxylation sites is 1. The Morgan fingerprint density at radius 3 is 2.65 bits per heavy atom. The molecule has 1 aromatic rings. The van der Waals surface area contributed by atoms with Crippen LogP contribution in [0.25, 0.3) is 0 Å². The summed E-state index contributed by atoms with van der Waals surface area (Å²) >= 11 is 0. The van der Waals surface area contributed by atoms with Crippen molar-refractivity contribution in [2.45, 2.75) is 33.6 Å². The van der Waals surface area contributed by atoms with Crippen molar-refractivity contribution in [3.05, 3.63) is 29.8 Å². The molecule has 1 unspecified atom stereocenters. The second-order valence-electron chi connectivity index (χ2n) is 5.22. The largest absolute Gasteiger partial charge is 0.294 e. The molecule has 1 aliphatic rings. The van der Waals surface area contributed by atoms with Gasteiger partial charge in [0.1, 0.15) is 0 Å². The second-order valence-corrected chi connectivity index (χ2v) is 5.22. The van der Waals surface area contributed by atoms with Gasteiger partial charge in [0, 0.05) is 17.7 Å². The zero-order valence-electron chi connectivity index (χ0n) is 10.7. The summed E-state index contributed by atoms with van der Waals surface area (Å²) in [6, 6.07) is 7.62. The molecule has 0 saturated carbocycles. The van der Waals surface area contributed by atoms with Crippen molar-refractivity contribution in [3.8, 4) is 0 Å². The van der Waals surface area contributed by atoms with E-state index in [0.717, 1.165) is 23.4 Å². The van der Waals surface area contributed by atoms with Gasteiger partial charge in [0.25, 0.3) is 0 Å². The molecule has 0 fully saturated rings. The number of ketones is 1. The van der Waals surface area contributed by atoms with Gasteiger partial charge in [-0.2, -0.15) is 0 Å². The van der Waals surface area contributed by atoms with Crippen LogP contribution >= 0.6 is 0 Å².